The van der Waals surface area contributed by atoms with E-state index in [1.807, 2.05) is 36.4 Å². The van der Waals surface area contributed by atoms with Crippen LogP contribution in [0.3, 0.4) is 0 Å². The van der Waals surface area contributed by atoms with Gasteiger partial charge in [0.25, 0.3) is 0 Å². The molecule has 1 aliphatic heterocycles. The lowest BCUT2D eigenvalue weighted by Crippen LogP contribution is -2.35. The first kappa shape index (κ1) is 26.5. The van der Waals surface area contributed by atoms with Crippen molar-refractivity contribution in [3.05, 3.63) is 83.1 Å². The topological polar surface area (TPSA) is 46.6 Å². The smallest absolute Gasteiger partial charge is 0.183 e. The molecule has 0 saturated carbocycles. The maximum Gasteiger partial charge on any atom is 0.183 e. The van der Waals surface area contributed by atoms with E-state index in [9.17, 15) is 4.39 Å². The molecular weight excluding hydrogens is 521 g/mol. The van der Waals surface area contributed by atoms with Crippen LogP contribution in [-0.4, -0.2) is 43.7 Å². The van der Waals surface area contributed by atoms with Crippen molar-refractivity contribution >= 4 is 28.1 Å². The minimum atomic E-state index is -0.231. The molecule has 1 saturated heterocycles. The van der Waals surface area contributed by atoms with Gasteiger partial charge in [0.1, 0.15) is 17.3 Å². The second kappa shape index (κ2) is 12.2. The Hall–Kier alpha value is -3.13. The number of halogens is 2. The SMILES string of the molecule is COc1ccc(-c2nc(NCC3CCN(Cc4c(F)cccc4Cl)CC3)sc2-c2ccc(OC)cc2)cc1. The van der Waals surface area contributed by atoms with Gasteiger partial charge in [-0.3, -0.25) is 4.90 Å². The van der Waals surface area contributed by atoms with Crippen LogP contribution in [0.1, 0.15) is 18.4 Å². The zero-order valence-electron chi connectivity index (χ0n) is 21.5. The summed E-state index contributed by atoms with van der Waals surface area (Å²) >= 11 is 7.90. The number of nitrogens with one attached hydrogen (secondary N) is 1. The molecule has 38 heavy (non-hydrogen) atoms. The number of methoxy groups -OCH3 is 2. The number of hydrogen-bond acceptors (Lipinski definition) is 6. The lowest BCUT2D eigenvalue weighted by atomic mass is 9.96. The Morgan fingerprint density at radius 1 is 0.947 bits per heavy atom. The first-order valence-electron chi connectivity index (χ1n) is 12.7. The number of ether oxygens (including phenoxy) is 2. The fraction of sp³-hybridized carbons (Fsp3) is 0.300. The summed E-state index contributed by atoms with van der Waals surface area (Å²) in [4.78, 5) is 8.39. The molecule has 198 valence electrons. The molecule has 0 bridgehead atoms. The summed E-state index contributed by atoms with van der Waals surface area (Å²) < 4.78 is 24.9. The van der Waals surface area contributed by atoms with Crippen LogP contribution in [0, 0.1) is 11.7 Å². The number of nitrogens with zero attached hydrogens (tertiary/aromatic N) is 2. The third-order valence-electron chi connectivity index (χ3n) is 7.04. The van der Waals surface area contributed by atoms with E-state index >= 15 is 0 Å². The van der Waals surface area contributed by atoms with Crippen LogP contribution in [-0.2, 0) is 6.54 Å². The molecule has 8 heteroatoms. The fourth-order valence-electron chi connectivity index (χ4n) is 4.77. The summed E-state index contributed by atoms with van der Waals surface area (Å²) in [6.45, 7) is 3.24. The highest BCUT2D eigenvalue weighted by Crippen LogP contribution is 2.40. The number of anilines is 1. The average molecular weight is 552 g/mol. The fourth-order valence-corrected chi connectivity index (χ4v) is 5.99. The summed E-state index contributed by atoms with van der Waals surface area (Å²) in [5, 5.41) is 5.00. The van der Waals surface area contributed by atoms with Crippen LogP contribution in [0.25, 0.3) is 21.7 Å². The largest absolute Gasteiger partial charge is 0.497 e. The van der Waals surface area contributed by atoms with E-state index in [0.29, 0.717) is 23.0 Å². The Labute approximate surface area is 232 Å². The molecule has 3 aromatic carbocycles. The molecule has 5 nitrogen and oxygen atoms in total. The third kappa shape index (κ3) is 6.12. The number of thiazole rings is 1. The molecule has 5 rings (SSSR count). The molecule has 1 N–H and O–H groups in total. The highest BCUT2D eigenvalue weighted by atomic mass is 35.5. The minimum absolute atomic E-state index is 0.231. The van der Waals surface area contributed by atoms with Crippen molar-refractivity contribution in [1.82, 2.24) is 9.88 Å². The molecule has 1 aromatic heterocycles. The van der Waals surface area contributed by atoms with Crippen LogP contribution in [0.4, 0.5) is 9.52 Å². The average Bonchev–Trinajstić information content (AvgIpc) is 3.39. The van der Waals surface area contributed by atoms with Gasteiger partial charge in [-0.15, -0.1) is 0 Å². The van der Waals surface area contributed by atoms with Crippen LogP contribution in [0.2, 0.25) is 5.02 Å². The van der Waals surface area contributed by atoms with E-state index in [0.717, 1.165) is 70.8 Å². The molecular formula is C30H31ClFN3O2S. The van der Waals surface area contributed by atoms with Crippen molar-refractivity contribution in [2.24, 2.45) is 5.92 Å². The standard InChI is InChI=1S/C30H31ClFN3O2S/c1-36-23-10-6-21(7-11-23)28-29(22-8-12-24(37-2)13-9-22)38-30(34-28)33-18-20-14-16-35(17-15-20)19-25-26(31)4-3-5-27(25)32/h3-13,20H,14-19H2,1-2H3,(H,33,34). The maximum atomic E-state index is 14.2. The molecule has 0 amide bonds. The lowest BCUT2D eigenvalue weighted by Gasteiger charge is -2.32. The summed E-state index contributed by atoms with van der Waals surface area (Å²) in [6.07, 6.45) is 2.09. The Kier molecular flexibility index (Phi) is 8.47. The first-order chi connectivity index (χ1) is 18.5. The van der Waals surface area contributed by atoms with E-state index in [1.165, 1.54) is 6.07 Å². The van der Waals surface area contributed by atoms with Gasteiger partial charge in [-0.05, 0) is 98.1 Å². The molecule has 1 fully saturated rings. The third-order valence-corrected chi connectivity index (χ3v) is 8.45. The highest BCUT2D eigenvalue weighted by molar-refractivity contribution is 7.19. The van der Waals surface area contributed by atoms with E-state index in [1.54, 1.807) is 37.7 Å². The summed E-state index contributed by atoms with van der Waals surface area (Å²) in [5.41, 5.74) is 3.68. The van der Waals surface area contributed by atoms with Gasteiger partial charge in [0, 0.05) is 29.2 Å². The monoisotopic (exact) mass is 551 g/mol. The van der Waals surface area contributed by atoms with Crippen molar-refractivity contribution in [3.63, 3.8) is 0 Å². The van der Waals surface area contributed by atoms with Gasteiger partial charge in [-0.1, -0.05) is 29.0 Å². The number of aromatic nitrogens is 1. The number of piperidine rings is 1. The van der Waals surface area contributed by atoms with Crippen LogP contribution >= 0.6 is 22.9 Å². The first-order valence-corrected chi connectivity index (χ1v) is 13.9. The number of benzene rings is 3. The molecule has 0 spiro atoms. The number of hydrogen-bond donors (Lipinski definition) is 1. The quantitative estimate of drug-likeness (QED) is 0.232. The molecule has 0 atom stereocenters. The van der Waals surface area contributed by atoms with E-state index in [2.05, 4.69) is 22.3 Å². The molecule has 1 aliphatic rings. The molecule has 0 radical (unpaired) electrons. The van der Waals surface area contributed by atoms with Gasteiger partial charge < -0.3 is 14.8 Å². The van der Waals surface area contributed by atoms with E-state index in [-0.39, 0.29) is 5.82 Å². The van der Waals surface area contributed by atoms with Gasteiger partial charge in [0.15, 0.2) is 5.13 Å². The number of rotatable bonds is 9. The van der Waals surface area contributed by atoms with Gasteiger partial charge in [-0.25, -0.2) is 9.37 Å². The van der Waals surface area contributed by atoms with Gasteiger partial charge >= 0.3 is 0 Å². The highest BCUT2D eigenvalue weighted by Gasteiger charge is 2.22. The summed E-state index contributed by atoms with van der Waals surface area (Å²) in [7, 11) is 3.34. The van der Waals surface area contributed by atoms with Crippen molar-refractivity contribution in [2.75, 3.05) is 39.2 Å². The zero-order chi connectivity index (χ0) is 26.5. The zero-order valence-corrected chi connectivity index (χ0v) is 23.1. The lowest BCUT2D eigenvalue weighted by molar-refractivity contribution is 0.180. The Bertz CT molecular complexity index is 1270. The van der Waals surface area contributed by atoms with Gasteiger partial charge in [-0.2, -0.15) is 0 Å². The van der Waals surface area contributed by atoms with Crippen LogP contribution < -0.4 is 14.8 Å². The van der Waals surface area contributed by atoms with Crippen molar-refractivity contribution < 1.29 is 13.9 Å². The second-order valence-corrected chi connectivity index (χ2v) is 10.9. The van der Waals surface area contributed by atoms with Crippen molar-refractivity contribution in [1.29, 1.82) is 0 Å². The molecule has 2 heterocycles. The predicted molar refractivity (Wildman–Crippen MR) is 154 cm³/mol. The Morgan fingerprint density at radius 2 is 1.58 bits per heavy atom. The minimum Gasteiger partial charge on any atom is -0.497 e. The predicted octanol–water partition coefficient (Wildman–Crippen LogP) is 7.61. The second-order valence-electron chi connectivity index (χ2n) is 9.45. The summed E-state index contributed by atoms with van der Waals surface area (Å²) in [6, 6.07) is 21.0. The molecule has 0 aliphatic carbocycles. The maximum absolute atomic E-state index is 14.2. The van der Waals surface area contributed by atoms with Crippen LogP contribution in [0.5, 0.6) is 11.5 Å². The Balaban J connectivity index is 1.26. The van der Waals surface area contributed by atoms with Crippen molar-refractivity contribution in [2.45, 2.75) is 19.4 Å². The van der Waals surface area contributed by atoms with Gasteiger partial charge in [0.05, 0.1) is 24.8 Å². The molecule has 0 unspecified atom stereocenters. The van der Waals surface area contributed by atoms with Crippen LogP contribution in [0.15, 0.2) is 66.7 Å². The van der Waals surface area contributed by atoms with E-state index in [4.69, 9.17) is 26.1 Å². The van der Waals surface area contributed by atoms with Crippen molar-refractivity contribution in [3.8, 4) is 33.2 Å². The van der Waals surface area contributed by atoms with Gasteiger partial charge in [0.2, 0.25) is 0 Å². The summed E-state index contributed by atoms with van der Waals surface area (Å²) in [5.74, 6) is 1.94. The van der Waals surface area contributed by atoms with E-state index < -0.39 is 0 Å². The normalized spacial score (nSPS) is 14.4. The Morgan fingerprint density at radius 3 is 2.18 bits per heavy atom. The molecule has 4 aromatic rings. The number of likely N-dealkylation sites (tertiary alicyclic amines) is 1.